The molecule has 9 nitrogen and oxygen atoms in total. The molecule has 15 heteroatoms. The van der Waals surface area contributed by atoms with Crippen molar-refractivity contribution in [3.05, 3.63) is 492 Å². The maximum Gasteiger partial charge on any atom is 2.00 e. The van der Waals surface area contributed by atoms with Gasteiger partial charge in [-0.15, -0.1) is 149 Å². The molecule has 18 aromatic carbocycles. The van der Waals surface area contributed by atoms with Crippen LogP contribution in [0.25, 0.3) is 245 Å². The fraction of sp³-hybridized carbons (Fsp3) is 0. The zero-order chi connectivity index (χ0) is 91.4. The minimum Gasteiger partial charge on any atom is -0.346 e. The van der Waals surface area contributed by atoms with Crippen LogP contribution in [0.5, 0.6) is 0 Å². The molecule has 0 radical (unpaired) electrons. The molecule has 0 fully saturated rings. The standard InChI is InChI=1S/3C42H25N3S.3Pt/c1-3-12-28(13-4-1)30-21-22-39-34(25-30)35-26-33(29-14-5-2-6-15-29)36(42-44-38-19-7-8-20-41(38)46-42)27-40(35)45(39)32-17-11-16-31(24-32)37-18-9-10-23-43-37;1-3-11-28(12-4-1)30-20-23-38-35(25-30)34-22-19-32(42-44-37-16-7-8-17-41(37)46-42)27-40(34)45(38)39-26-31(36-15-9-10-24-43-36)18-21-33(39)29-13-5-2-6-14-29;1-3-10-28(11-4-1)30-20-23-39-36(25-30)35-21-18-32(42-44-38-16-7-8-17-41(38)46-42)26-40(35)45(39)34-15-9-14-31(24-34)37-22-19-33(27-43-37)29-12-5-2-6-13-29;;;/h1-23,25-26H;1-25H;1-23,25,27H;;;/q3*-2;3*+2. The van der Waals surface area contributed by atoms with Gasteiger partial charge >= 0.3 is 63.2 Å². The van der Waals surface area contributed by atoms with Gasteiger partial charge in [0.2, 0.25) is 0 Å². The molecule has 0 atom stereocenters. The molecule has 9 heterocycles. The van der Waals surface area contributed by atoms with Gasteiger partial charge in [0, 0.05) is 64.3 Å². The molecule has 9 aromatic heterocycles. The van der Waals surface area contributed by atoms with Crippen molar-refractivity contribution in [2.24, 2.45) is 0 Å². The zero-order valence-corrected chi connectivity index (χ0v) is 84.3. The van der Waals surface area contributed by atoms with Gasteiger partial charge in [0.05, 0.1) is 16.6 Å². The van der Waals surface area contributed by atoms with Crippen LogP contribution < -0.4 is 0 Å². The third kappa shape index (κ3) is 17.6. The van der Waals surface area contributed by atoms with E-state index in [1.54, 1.807) is 34.0 Å². The van der Waals surface area contributed by atoms with Crippen molar-refractivity contribution < 1.29 is 63.2 Å². The molecule has 27 rings (SSSR count). The van der Waals surface area contributed by atoms with Gasteiger partial charge in [-0.25, -0.2) is 0 Å². The molecule has 27 aromatic rings. The van der Waals surface area contributed by atoms with Crippen LogP contribution in [-0.2, 0) is 63.2 Å². The molecule has 0 saturated carbocycles. The van der Waals surface area contributed by atoms with Gasteiger partial charge in [-0.1, -0.05) is 330 Å². The molecule has 0 bridgehead atoms. The number of fused-ring (bicyclic) bond motifs is 12. The number of para-hydroxylation sites is 3. The van der Waals surface area contributed by atoms with Gasteiger partial charge in [-0.3, -0.25) is 15.0 Å². The first-order chi connectivity index (χ1) is 68.4. The Morgan fingerprint density at radius 1 is 0.213 bits per heavy atom. The van der Waals surface area contributed by atoms with Crippen molar-refractivity contribution in [2.45, 2.75) is 0 Å². The summed E-state index contributed by atoms with van der Waals surface area (Å²) in [6.07, 6.45) is 5.59. The van der Waals surface area contributed by atoms with Crippen LogP contribution in [0.1, 0.15) is 0 Å². The molecule has 0 amide bonds. The molecule has 141 heavy (non-hydrogen) atoms. The van der Waals surface area contributed by atoms with Crippen LogP contribution in [0.15, 0.2) is 455 Å². The monoisotopic (exact) mass is 2390 g/mol. The van der Waals surface area contributed by atoms with Crippen LogP contribution in [0.2, 0.25) is 0 Å². The van der Waals surface area contributed by atoms with Crippen molar-refractivity contribution in [3.8, 4) is 149 Å². The molecule has 0 unspecified atom stereocenters. The number of hydrogen-bond acceptors (Lipinski definition) is 9. The van der Waals surface area contributed by atoms with Crippen molar-refractivity contribution in [1.82, 2.24) is 43.6 Å². The molecule has 0 aliphatic rings. The summed E-state index contributed by atoms with van der Waals surface area (Å²) in [7, 11) is 0. The first-order valence-electron chi connectivity index (χ1n) is 45.8. The summed E-state index contributed by atoms with van der Waals surface area (Å²) < 4.78 is 10.4. The predicted octanol–water partition coefficient (Wildman–Crippen LogP) is 33.2. The Hall–Kier alpha value is -15.5. The average Bonchev–Trinajstić information content (AvgIpc) is 1.57. The largest absolute Gasteiger partial charge is 2.00 e. The van der Waals surface area contributed by atoms with Gasteiger partial charge in [0.25, 0.3) is 0 Å². The van der Waals surface area contributed by atoms with E-state index in [9.17, 15) is 0 Å². The molecule has 0 aliphatic heterocycles. The van der Waals surface area contributed by atoms with Crippen molar-refractivity contribution in [2.75, 3.05) is 0 Å². The number of thiazole rings is 3. The zero-order valence-electron chi connectivity index (χ0n) is 75.0. The summed E-state index contributed by atoms with van der Waals surface area (Å²) in [4.78, 5) is 29.1. The molecule has 672 valence electrons. The smallest absolute Gasteiger partial charge is 0.346 e. The fourth-order valence-electron chi connectivity index (χ4n) is 18.8. The average molecular weight is 2400 g/mol. The van der Waals surface area contributed by atoms with Gasteiger partial charge < -0.3 is 28.7 Å². The molecule has 0 aliphatic carbocycles. The fourth-order valence-corrected chi connectivity index (χ4v) is 21.7. The second-order valence-electron chi connectivity index (χ2n) is 33.8. The van der Waals surface area contributed by atoms with Gasteiger partial charge in [0.15, 0.2) is 0 Å². The molecule has 0 N–H and O–H groups in total. The van der Waals surface area contributed by atoms with Gasteiger partial charge in [0.1, 0.15) is 0 Å². The Labute approximate surface area is 869 Å². The first-order valence-corrected chi connectivity index (χ1v) is 48.2. The molecule has 0 saturated heterocycles. The third-order valence-electron chi connectivity index (χ3n) is 25.4. The van der Waals surface area contributed by atoms with E-state index in [1.165, 1.54) is 53.6 Å². The van der Waals surface area contributed by atoms with Crippen molar-refractivity contribution in [1.29, 1.82) is 0 Å². The Balaban J connectivity index is 0.000000120. The topological polar surface area (TPSA) is 92.1 Å². The van der Waals surface area contributed by atoms with Crippen LogP contribution in [-0.4, -0.2) is 43.6 Å². The third-order valence-corrected chi connectivity index (χ3v) is 28.6. The minimum atomic E-state index is 0. The quantitative estimate of drug-likeness (QED) is 0.0950. The summed E-state index contributed by atoms with van der Waals surface area (Å²) in [5, 5.41) is 9.78. The molecular formula is C126H75N9Pt3S3. The van der Waals surface area contributed by atoms with E-state index in [1.807, 2.05) is 91.4 Å². The number of nitrogens with zero attached hydrogens (tertiary/aromatic N) is 9. The normalized spacial score (nSPS) is 11.2. The number of benzene rings is 18. The number of rotatable bonds is 15. The maximum atomic E-state index is 5.10. The van der Waals surface area contributed by atoms with E-state index >= 15 is 0 Å². The second kappa shape index (κ2) is 39.8. The van der Waals surface area contributed by atoms with E-state index in [-0.39, 0.29) is 63.2 Å². The molecular weight excluding hydrogens is 2320 g/mol. The summed E-state index contributed by atoms with van der Waals surface area (Å²) in [6, 6.07) is 175. The Morgan fingerprint density at radius 2 is 0.574 bits per heavy atom. The van der Waals surface area contributed by atoms with E-state index < -0.39 is 0 Å². The number of aromatic nitrogens is 9. The van der Waals surface area contributed by atoms with Crippen LogP contribution in [0.3, 0.4) is 0 Å². The summed E-state index contributed by atoms with van der Waals surface area (Å²) in [5.74, 6) is 0. The summed E-state index contributed by atoms with van der Waals surface area (Å²) >= 11 is 5.11. The predicted molar refractivity (Wildman–Crippen MR) is 574 cm³/mol. The summed E-state index contributed by atoms with van der Waals surface area (Å²) in [6.45, 7) is 0. The van der Waals surface area contributed by atoms with Crippen LogP contribution in [0, 0.1) is 36.4 Å². The Bertz CT molecular complexity index is 9160. The Morgan fingerprint density at radius 3 is 1.01 bits per heavy atom. The first kappa shape index (κ1) is 90.7. The minimum absolute atomic E-state index is 0. The van der Waals surface area contributed by atoms with Crippen molar-refractivity contribution >= 4 is 130 Å². The van der Waals surface area contributed by atoms with Gasteiger partial charge in [-0.05, 0) is 178 Å². The number of hydrogen-bond donors (Lipinski definition) is 0. The Kier molecular flexibility index (Phi) is 25.6. The van der Waals surface area contributed by atoms with Gasteiger partial charge in [-0.2, -0.15) is 34.0 Å². The van der Waals surface area contributed by atoms with Crippen molar-refractivity contribution in [3.63, 3.8) is 0 Å². The second-order valence-corrected chi connectivity index (χ2v) is 36.9. The number of pyridine rings is 3. The van der Waals surface area contributed by atoms with E-state index in [0.717, 1.165) is 192 Å². The van der Waals surface area contributed by atoms with Crippen LogP contribution in [0.4, 0.5) is 0 Å². The SMILES string of the molecule is [Pt+2].[Pt+2].[Pt+2].[c-]1c(-c2ccc(-c3ccccc3)cn2)cccc1-n1c2[c-]c(-c3nc4ccccc4s3)ccc2c2cc(-c3ccccc3)ccc21.[c-]1c(-c2ccccn2)ccc(-c2ccccc2)c1-n1c2[c-]c(-c3nc4ccccc4s3)ccc2c2cc(-c3ccccc3)ccc21.[c-]1c(-c2ccccn2)cccc1-n1c2[c-]c(-c3nc4ccccc4s3)c(-c3ccccc3)cc2c2cc(-c3ccccc3)ccc21. The van der Waals surface area contributed by atoms with E-state index in [2.05, 4.69) is 424 Å². The van der Waals surface area contributed by atoms with E-state index in [0.29, 0.717) is 0 Å². The summed E-state index contributed by atoms with van der Waals surface area (Å²) in [5.41, 5.74) is 34.4. The van der Waals surface area contributed by atoms with E-state index in [4.69, 9.17) is 19.9 Å². The van der Waals surface area contributed by atoms with Crippen LogP contribution >= 0.6 is 34.0 Å². The molecule has 0 spiro atoms. The maximum absolute atomic E-state index is 5.10.